The molecule has 2 heterocycles. The van der Waals surface area contributed by atoms with Crippen LogP contribution in [0.1, 0.15) is 16.7 Å². The molecule has 0 saturated carbocycles. The van der Waals surface area contributed by atoms with Crippen LogP contribution in [0.2, 0.25) is 0 Å². The quantitative estimate of drug-likeness (QED) is 0.741. The molecule has 0 aliphatic heterocycles. The van der Waals surface area contributed by atoms with Crippen molar-refractivity contribution in [1.82, 2.24) is 19.7 Å². The Balaban J connectivity index is 2.02. The fourth-order valence-electron chi connectivity index (χ4n) is 2.56. The Hall–Kier alpha value is -3.35. The number of carbonyl (C=O) groups excluding carboxylic acids is 1. The molecule has 0 aliphatic carbocycles. The number of amides is 1. The molecule has 25 heavy (non-hydrogen) atoms. The van der Waals surface area contributed by atoms with Crippen molar-refractivity contribution in [3.8, 4) is 11.4 Å². The lowest BCUT2D eigenvalue weighted by molar-refractivity contribution is -0.112. The van der Waals surface area contributed by atoms with E-state index in [9.17, 15) is 9.18 Å². The van der Waals surface area contributed by atoms with Crippen molar-refractivity contribution in [3.63, 3.8) is 0 Å². The molecule has 0 spiro atoms. The van der Waals surface area contributed by atoms with E-state index in [0.29, 0.717) is 5.82 Å². The summed E-state index contributed by atoms with van der Waals surface area (Å²) in [5, 5.41) is 4.32. The second-order valence-corrected chi connectivity index (χ2v) is 5.69. The molecule has 0 saturated heterocycles. The van der Waals surface area contributed by atoms with E-state index in [2.05, 4.69) is 21.1 Å². The minimum Gasteiger partial charge on any atom is -0.366 e. The number of aromatic nitrogens is 4. The molecule has 1 aromatic carbocycles. The van der Waals surface area contributed by atoms with Crippen LogP contribution in [0.4, 0.5) is 4.39 Å². The van der Waals surface area contributed by atoms with Crippen LogP contribution >= 0.6 is 0 Å². The van der Waals surface area contributed by atoms with E-state index < -0.39 is 11.7 Å². The molecular formula is C18H16FN5O. The minimum absolute atomic E-state index is 0.0169. The monoisotopic (exact) mass is 337 g/mol. The number of pyridine rings is 1. The van der Waals surface area contributed by atoms with E-state index in [-0.39, 0.29) is 11.1 Å². The van der Waals surface area contributed by atoms with Crippen LogP contribution in [0.25, 0.3) is 23.2 Å². The van der Waals surface area contributed by atoms with E-state index in [0.717, 1.165) is 22.9 Å². The summed E-state index contributed by atoms with van der Waals surface area (Å²) in [6.45, 7) is 3.98. The van der Waals surface area contributed by atoms with Crippen molar-refractivity contribution in [2.24, 2.45) is 5.73 Å². The summed E-state index contributed by atoms with van der Waals surface area (Å²) in [5.74, 6) is -0.905. The van der Waals surface area contributed by atoms with Crippen molar-refractivity contribution in [3.05, 3.63) is 65.5 Å². The minimum atomic E-state index is -0.770. The molecule has 0 aliphatic rings. The first kappa shape index (κ1) is 16.5. The Morgan fingerprint density at radius 1 is 1.24 bits per heavy atom. The SMILES string of the molecule is Cc1cc(C)cc(-c2ncn(/C=C(\C(N)=O)c3ccncc3F)n2)c1. The van der Waals surface area contributed by atoms with Crippen LogP contribution < -0.4 is 5.73 Å². The normalized spacial score (nSPS) is 11.6. The third-order valence-electron chi connectivity index (χ3n) is 3.58. The fraction of sp³-hybridized carbons (Fsp3) is 0.111. The van der Waals surface area contributed by atoms with Gasteiger partial charge in [0.05, 0.1) is 11.8 Å². The number of nitrogens with zero attached hydrogens (tertiary/aromatic N) is 4. The van der Waals surface area contributed by atoms with Gasteiger partial charge in [-0.25, -0.2) is 14.1 Å². The van der Waals surface area contributed by atoms with Gasteiger partial charge in [0.2, 0.25) is 0 Å². The molecule has 0 bridgehead atoms. The van der Waals surface area contributed by atoms with Crippen molar-refractivity contribution < 1.29 is 9.18 Å². The van der Waals surface area contributed by atoms with Crippen molar-refractivity contribution in [1.29, 1.82) is 0 Å². The number of rotatable bonds is 4. The van der Waals surface area contributed by atoms with E-state index in [1.807, 2.05) is 26.0 Å². The summed E-state index contributed by atoms with van der Waals surface area (Å²) < 4.78 is 15.2. The van der Waals surface area contributed by atoms with Gasteiger partial charge in [0.1, 0.15) is 12.1 Å². The third-order valence-corrected chi connectivity index (χ3v) is 3.58. The largest absolute Gasteiger partial charge is 0.366 e. The standard InChI is InChI=1S/C18H16FN5O/c1-11-5-12(2)7-13(6-11)18-22-10-24(23-18)9-15(17(20)25)14-3-4-21-8-16(14)19/h3-10H,1-2H3,(H2,20,25)/b15-9-. The predicted molar refractivity (Wildman–Crippen MR) is 92.5 cm³/mol. The highest BCUT2D eigenvalue weighted by atomic mass is 19.1. The number of hydrogen-bond acceptors (Lipinski definition) is 4. The fourth-order valence-corrected chi connectivity index (χ4v) is 2.56. The van der Waals surface area contributed by atoms with Gasteiger partial charge in [-0.2, -0.15) is 0 Å². The Bertz CT molecular complexity index is 957. The molecule has 0 radical (unpaired) electrons. The molecule has 7 heteroatoms. The molecule has 0 atom stereocenters. The maximum absolute atomic E-state index is 13.9. The van der Waals surface area contributed by atoms with Gasteiger partial charge in [-0.15, -0.1) is 5.10 Å². The first-order chi connectivity index (χ1) is 11.9. The number of nitrogens with two attached hydrogens (primary N) is 1. The highest BCUT2D eigenvalue weighted by Crippen LogP contribution is 2.20. The van der Waals surface area contributed by atoms with Crippen LogP contribution in [0.3, 0.4) is 0 Å². The van der Waals surface area contributed by atoms with Crippen LogP contribution in [0, 0.1) is 19.7 Å². The molecule has 3 aromatic rings. The first-order valence-corrected chi connectivity index (χ1v) is 7.55. The van der Waals surface area contributed by atoms with Crippen LogP contribution in [-0.4, -0.2) is 25.7 Å². The molecular weight excluding hydrogens is 321 g/mol. The molecule has 0 unspecified atom stereocenters. The van der Waals surface area contributed by atoms with Gasteiger partial charge in [0.15, 0.2) is 5.82 Å². The molecule has 0 fully saturated rings. The first-order valence-electron chi connectivity index (χ1n) is 7.55. The van der Waals surface area contributed by atoms with E-state index in [4.69, 9.17) is 5.73 Å². The second kappa shape index (κ2) is 6.64. The number of halogens is 1. The summed E-state index contributed by atoms with van der Waals surface area (Å²) in [5.41, 5.74) is 8.48. The Morgan fingerprint density at radius 2 is 1.96 bits per heavy atom. The van der Waals surface area contributed by atoms with Gasteiger partial charge >= 0.3 is 0 Å². The summed E-state index contributed by atoms with van der Waals surface area (Å²) in [7, 11) is 0. The number of primary amides is 1. The van der Waals surface area contributed by atoms with Gasteiger partial charge in [0, 0.05) is 23.5 Å². The zero-order valence-corrected chi connectivity index (χ0v) is 13.8. The summed E-state index contributed by atoms with van der Waals surface area (Å²) >= 11 is 0. The molecule has 2 N–H and O–H groups in total. The smallest absolute Gasteiger partial charge is 0.250 e. The molecule has 126 valence electrons. The Kier molecular flexibility index (Phi) is 4.38. The maximum atomic E-state index is 13.9. The van der Waals surface area contributed by atoms with Gasteiger partial charge in [-0.05, 0) is 32.0 Å². The number of carbonyl (C=O) groups is 1. The topological polar surface area (TPSA) is 86.7 Å². The van der Waals surface area contributed by atoms with Crippen LogP contribution in [0.5, 0.6) is 0 Å². The van der Waals surface area contributed by atoms with Gasteiger partial charge in [-0.1, -0.05) is 17.2 Å². The van der Waals surface area contributed by atoms with Crippen molar-refractivity contribution in [2.75, 3.05) is 0 Å². The highest BCUT2D eigenvalue weighted by Gasteiger charge is 2.14. The summed E-state index contributed by atoms with van der Waals surface area (Å²) in [6.07, 6.45) is 5.20. The van der Waals surface area contributed by atoms with Crippen molar-refractivity contribution in [2.45, 2.75) is 13.8 Å². The second-order valence-electron chi connectivity index (χ2n) is 5.69. The lowest BCUT2D eigenvalue weighted by Gasteiger charge is -2.04. The predicted octanol–water partition coefficient (Wildman–Crippen LogP) is 2.58. The highest BCUT2D eigenvalue weighted by molar-refractivity contribution is 6.22. The zero-order chi connectivity index (χ0) is 18.0. The van der Waals surface area contributed by atoms with Gasteiger partial charge in [0.25, 0.3) is 5.91 Å². The van der Waals surface area contributed by atoms with Crippen LogP contribution in [-0.2, 0) is 4.79 Å². The Labute approximate surface area is 143 Å². The third kappa shape index (κ3) is 3.60. The van der Waals surface area contributed by atoms with E-state index in [1.165, 1.54) is 29.5 Å². The molecule has 1 amide bonds. The number of benzene rings is 1. The zero-order valence-electron chi connectivity index (χ0n) is 13.8. The lowest BCUT2D eigenvalue weighted by atomic mass is 10.1. The summed E-state index contributed by atoms with van der Waals surface area (Å²) in [4.78, 5) is 19.6. The van der Waals surface area contributed by atoms with Crippen LogP contribution in [0.15, 0.2) is 43.0 Å². The lowest BCUT2D eigenvalue weighted by Crippen LogP contribution is -2.14. The van der Waals surface area contributed by atoms with Gasteiger partial charge < -0.3 is 5.73 Å². The number of hydrogen-bond donors (Lipinski definition) is 1. The molecule has 6 nitrogen and oxygen atoms in total. The molecule has 2 aromatic heterocycles. The van der Waals surface area contributed by atoms with Crippen molar-refractivity contribution >= 4 is 17.7 Å². The van der Waals surface area contributed by atoms with Gasteiger partial charge in [-0.3, -0.25) is 9.78 Å². The maximum Gasteiger partial charge on any atom is 0.250 e. The Morgan fingerprint density at radius 3 is 2.60 bits per heavy atom. The average molecular weight is 337 g/mol. The van der Waals surface area contributed by atoms with E-state index in [1.54, 1.807) is 0 Å². The summed E-state index contributed by atoms with van der Waals surface area (Å²) in [6, 6.07) is 7.37. The van der Waals surface area contributed by atoms with E-state index >= 15 is 0 Å². The average Bonchev–Trinajstić information content (AvgIpc) is 3.01. The number of aryl methyl sites for hydroxylation is 2. The molecule has 3 rings (SSSR count).